The van der Waals surface area contributed by atoms with E-state index in [4.69, 9.17) is 5.11 Å². The van der Waals surface area contributed by atoms with Gasteiger partial charge in [0.05, 0.1) is 18.1 Å². The van der Waals surface area contributed by atoms with Crippen molar-refractivity contribution in [2.75, 3.05) is 5.32 Å². The molecule has 2 aromatic heterocycles. The number of carboxylic acid groups (broad SMARTS) is 1. The van der Waals surface area contributed by atoms with E-state index in [-0.39, 0.29) is 0 Å². The summed E-state index contributed by atoms with van der Waals surface area (Å²) in [5, 5.41) is 15.9. The van der Waals surface area contributed by atoms with Gasteiger partial charge in [0.1, 0.15) is 0 Å². The molecule has 2 N–H and O–H groups in total. The van der Waals surface area contributed by atoms with Crippen molar-refractivity contribution in [3.8, 4) is 11.3 Å². The number of carbonyl (C=O) groups is 1. The Kier molecular flexibility index (Phi) is 3.53. The third kappa shape index (κ3) is 2.78. The Morgan fingerprint density at radius 1 is 1.18 bits per heavy atom. The van der Waals surface area contributed by atoms with E-state index in [1.807, 2.05) is 30.3 Å². The number of nitrogens with zero attached hydrogens (tertiary/aromatic N) is 4. The molecule has 0 amide bonds. The fraction of sp³-hybridized carbons (Fsp3) is 0.0667. The maximum Gasteiger partial charge on any atom is 0.432 e. The first-order chi connectivity index (χ1) is 10.6. The van der Waals surface area contributed by atoms with Gasteiger partial charge in [0, 0.05) is 17.3 Å². The molecule has 2 heterocycles. The molecule has 0 radical (unpaired) electrons. The number of aryl methyl sites for hydroxylation is 1. The van der Waals surface area contributed by atoms with Crippen LogP contribution in [0.3, 0.4) is 0 Å². The molecule has 0 atom stereocenters. The van der Waals surface area contributed by atoms with Crippen molar-refractivity contribution in [3.63, 3.8) is 0 Å². The maximum atomic E-state index is 11.0. The highest BCUT2D eigenvalue weighted by Gasteiger charge is 2.10. The van der Waals surface area contributed by atoms with Crippen LogP contribution < -0.4 is 5.32 Å². The second-order valence-electron chi connectivity index (χ2n) is 4.65. The Morgan fingerprint density at radius 2 is 1.95 bits per heavy atom. The quantitative estimate of drug-likeness (QED) is 0.771. The standard InChI is InChI=1S/C15H13N5O2/c1-10-7-13(19-20(10)15(21)22)18-14-9-16-8-12(17-14)11-5-3-2-4-6-11/h2-9H,1H3,(H,21,22)(H,17,18,19). The topological polar surface area (TPSA) is 92.9 Å². The molecule has 0 fully saturated rings. The van der Waals surface area contributed by atoms with Crippen LogP contribution in [0.15, 0.2) is 48.8 Å². The van der Waals surface area contributed by atoms with Crippen molar-refractivity contribution < 1.29 is 9.90 Å². The number of aromatic nitrogens is 4. The van der Waals surface area contributed by atoms with E-state index in [0.29, 0.717) is 17.3 Å². The van der Waals surface area contributed by atoms with Crippen molar-refractivity contribution >= 4 is 17.7 Å². The van der Waals surface area contributed by atoms with Crippen LogP contribution in [-0.2, 0) is 0 Å². The van der Waals surface area contributed by atoms with E-state index in [1.54, 1.807) is 25.4 Å². The zero-order valence-corrected chi connectivity index (χ0v) is 11.8. The van der Waals surface area contributed by atoms with Crippen LogP contribution in [0.25, 0.3) is 11.3 Å². The molecule has 0 aliphatic rings. The molecule has 0 aliphatic heterocycles. The van der Waals surface area contributed by atoms with Gasteiger partial charge < -0.3 is 10.4 Å². The lowest BCUT2D eigenvalue weighted by atomic mass is 10.2. The van der Waals surface area contributed by atoms with E-state index in [1.165, 1.54) is 0 Å². The first-order valence-corrected chi connectivity index (χ1v) is 6.58. The molecule has 0 saturated heterocycles. The third-order valence-corrected chi connectivity index (χ3v) is 3.03. The number of rotatable bonds is 3. The lowest BCUT2D eigenvalue weighted by Crippen LogP contribution is -2.11. The van der Waals surface area contributed by atoms with Gasteiger partial charge in [0.15, 0.2) is 11.6 Å². The Morgan fingerprint density at radius 3 is 2.64 bits per heavy atom. The molecule has 3 rings (SSSR count). The van der Waals surface area contributed by atoms with E-state index >= 15 is 0 Å². The van der Waals surface area contributed by atoms with Crippen molar-refractivity contribution in [3.05, 3.63) is 54.5 Å². The normalized spacial score (nSPS) is 10.4. The van der Waals surface area contributed by atoms with Crippen LogP contribution in [0.4, 0.5) is 16.4 Å². The van der Waals surface area contributed by atoms with Gasteiger partial charge in [-0.3, -0.25) is 4.98 Å². The molecule has 0 spiro atoms. The van der Waals surface area contributed by atoms with E-state index in [2.05, 4.69) is 20.4 Å². The van der Waals surface area contributed by atoms with Gasteiger partial charge in [0.25, 0.3) is 0 Å². The summed E-state index contributed by atoms with van der Waals surface area (Å²) in [4.78, 5) is 19.6. The van der Waals surface area contributed by atoms with E-state index < -0.39 is 6.09 Å². The van der Waals surface area contributed by atoms with Crippen LogP contribution >= 0.6 is 0 Å². The van der Waals surface area contributed by atoms with Crippen LogP contribution in [0.5, 0.6) is 0 Å². The molecule has 110 valence electrons. The van der Waals surface area contributed by atoms with Crippen LogP contribution in [0.2, 0.25) is 0 Å². The molecule has 22 heavy (non-hydrogen) atoms. The average molecular weight is 295 g/mol. The van der Waals surface area contributed by atoms with Crippen molar-refractivity contribution in [2.45, 2.75) is 6.92 Å². The summed E-state index contributed by atoms with van der Waals surface area (Å²) >= 11 is 0. The molecule has 3 aromatic rings. The zero-order valence-electron chi connectivity index (χ0n) is 11.8. The smallest absolute Gasteiger partial charge is 0.432 e. The summed E-state index contributed by atoms with van der Waals surface area (Å²) in [6.45, 7) is 1.67. The maximum absolute atomic E-state index is 11.0. The van der Waals surface area contributed by atoms with Gasteiger partial charge in [0.2, 0.25) is 0 Å². The summed E-state index contributed by atoms with van der Waals surface area (Å²) < 4.78 is 0.900. The van der Waals surface area contributed by atoms with Crippen molar-refractivity contribution in [1.29, 1.82) is 0 Å². The molecule has 0 saturated carbocycles. The fourth-order valence-corrected chi connectivity index (χ4v) is 2.03. The summed E-state index contributed by atoms with van der Waals surface area (Å²) in [7, 11) is 0. The first kappa shape index (κ1) is 13.7. The van der Waals surface area contributed by atoms with Crippen molar-refractivity contribution in [2.24, 2.45) is 0 Å². The molecule has 0 aliphatic carbocycles. The Labute approximate surface area is 126 Å². The first-order valence-electron chi connectivity index (χ1n) is 6.58. The molecular formula is C15H13N5O2. The van der Waals surface area contributed by atoms with E-state index in [9.17, 15) is 4.79 Å². The van der Waals surface area contributed by atoms with Gasteiger partial charge in [-0.15, -0.1) is 5.10 Å². The van der Waals surface area contributed by atoms with Crippen LogP contribution in [0, 0.1) is 6.92 Å². The SMILES string of the molecule is Cc1cc(Nc2cncc(-c3ccccc3)n2)nn1C(=O)O. The lowest BCUT2D eigenvalue weighted by molar-refractivity contribution is 0.192. The number of benzene rings is 1. The van der Waals surface area contributed by atoms with Crippen LogP contribution in [-0.4, -0.2) is 30.9 Å². The molecular weight excluding hydrogens is 282 g/mol. The summed E-state index contributed by atoms with van der Waals surface area (Å²) in [5.41, 5.74) is 2.19. The third-order valence-electron chi connectivity index (χ3n) is 3.03. The number of hydrogen-bond donors (Lipinski definition) is 2. The minimum absolute atomic E-state index is 0.402. The Balaban J connectivity index is 1.87. The average Bonchev–Trinajstić information content (AvgIpc) is 2.89. The van der Waals surface area contributed by atoms with Gasteiger partial charge in [-0.25, -0.2) is 9.78 Å². The summed E-state index contributed by atoms with van der Waals surface area (Å²) in [6, 6.07) is 11.3. The zero-order chi connectivity index (χ0) is 15.5. The Bertz CT molecular complexity index is 814. The molecule has 7 heteroatoms. The highest BCUT2D eigenvalue weighted by molar-refractivity contribution is 5.69. The Hall–Kier alpha value is -3.22. The minimum atomic E-state index is -1.13. The largest absolute Gasteiger partial charge is 0.463 e. The predicted octanol–water partition coefficient (Wildman–Crippen LogP) is 2.92. The monoisotopic (exact) mass is 295 g/mol. The van der Waals surface area contributed by atoms with E-state index in [0.717, 1.165) is 15.9 Å². The summed E-state index contributed by atoms with van der Waals surface area (Å²) in [5.74, 6) is 0.899. The molecule has 0 bridgehead atoms. The van der Waals surface area contributed by atoms with Gasteiger partial charge in [-0.1, -0.05) is 30.3 Å². The highest BCUT2D eigenvalue weighted by Crippen LogP contribution is 2.19. The highest BCUT2D eigenvalue weighted by atomic mass is 16.4. The van der Waals surface area contributed by atoms with Gasteiger partial charge in [-0.05, 0) is 6.92 Å². The van der Waals surface area contributed by atoms with Gasteiger partial charge in [-0.2, -0.15) is 4.68 Å². The molecule has 0 unspecified atom stereocenters. The van der Waals surface area contributed by atoms with Crippen LogP contribution in [0.1, 0.15) is 5.69 Å². The fourth-order valence-electron chi connectivity index (χ4n) is 2.03. The van der Waals surface area contributed by atoms with Gasteiger partial charge >= 0.3 is 6.09 Å². The number of nitrogens with one attached hydrogen (secondary N) is 1. The lowest BCUT2D eigenvalue weighted by Gasteiger charge is -2.04. The molecule has 7 nitrogen and oxygen atoms in total. The second kappa shape index (κ2) is 5.65. The van der Waals surface area contributed by atoms with Crippen molar-refractivity contribution in [1.82, 2.24) is 19.7 Å². The minimum Gasteiger partial charge on any atom is -0.463 e. The second-order valence-corrected chi connectivity index (χ2v) is 4.65. The predicted molar refractivity (Wildman–Crippen MR) is 81.1 cm³/mol. The number of hydrogen-bond acceptors (Lipinski definition) is 5. The number of anilines is 2. The summed E-state index contributed by atoms with van der Waals surface area (Å²) in [6.07, 6.45) is 2.10. The molecule has 1 aromatic carbocycles.